The summed E-state index contributed by atoms with van der Waals surface area (Å²) in [6.45, 7) is -0.864. The van der Waals surface area contributed by atoms with Crippen LogP contribution in [0, 0.1) is 0 Å². The van der Waals surface area contributed by atoms with Gasteiger partial charge in [-0.05, 0) is 29.8 Å². The third kappa shape index (κ3) is 3.79. The van der Waals surface area contributed by atoms with Crippen LogP contribution in [-0.2, 0) is 14.3 Å². The Morgan fingerprint density at radius 1 is 0.853 bits per heavy atom. The molecule has 170 valence electrons. The van der Waals surface area contributed by atoms with Crippen LogP contribution in [0.5, 0.6) is 5.75 Å². The van der Waals surface area contributed by atoms with Crippen molar-refractivity contribution >= 4 is 29.4 Å². The van der Waals surface area contributed by atoms with E-state index >= 15 is 0 Å². The van der Waals surface area contributed by atoms with E-state index in [-0.39, 0.29) is 17.7 Å². The summed E-state index contributed by atoms with van der Waals surface area (Å²) in [5, 5.41) is 0. The smallest absolute Gasteiger partial charge is 0.326 e. The van der Waals surface area contributed by atoms with Crippen LogP contribution in [0.3, 0.4) is 0 Å². The summed E-state index contributed by atoms with van der Waals surface area (Å²) in [5.74, 6) is -1.85. The first-order valence-corrected chi connectivity index (χ1v) is 10.7. The predicted octanol–water partition coefficient (Wildman–Crippen LogP) is 2.99. The van der Waals surface area contributed by atoms with Gasteiger partial charge in [0.15, 0.2) is 6.61 Å². The molecule has 0 aromatic heterocycles. The minimum Gasteiger partial charge on any atom is -0.489 e. The Hall–Kier alpha value is -4.46. The minimum absolute atomic E-state index is 0.243. The molecule has 3 aromatic carbocycles. The number of para-hydroxylation sites is 2. The maximum atomic E-state index is 13.2. The van der Waals surface area contributed by atoms with Crippen molar-refractivity contribution in [2.45, 2.75) is 6.04 Å². The molecule has 8 nitrogen and oxygen atoms in total. The van der Waals surface area contributed by atoms with Crippen LogP contribution >= 0.6 is 0 Å². The largest absolute Gasteiger partial charge is 0.489 e. The summed E-state index contributed by atoms with van der Waals surface area (Å²) in [4.78, 5) is 53.0. The molecule has 0 saturated carbocycles. The Kier molecular flexibility index (Phi) is 5.55. The average molecular weight is 456 g/mol. The molecule has 0 N–H and O–H groups in total. The van der Waals surface area contributed by atoms with Crippen LogP contribution in [-0.4, -0.2) is 48.3 Å². The minimum atomic E-state index is -0.847. The van der Waals surface area contributed by atoms with Crippen molar-refractivity contribution in [3.05, 3.63) is 95.6 Å². The third-order valence-electron chi connectivity index (χ3n) is 5.81. The van der Waals surface area contributed by atoms with Gasteiger partial charge in [0.2, 0.25) is 0 Å². The highest BCUT2D eigenvalue weighted by Gasteiger charge is 2.37. The third-order valence-corrected chi connectivity index (χ3v) is 5.81. The highest BCUT2D eigenvalue weighted by atomic mass is 16.5. The fourth-order valence-corrected chi connectivity index (χ4v) is 4.19. The van der Waals surface area contributed by atoms with E-state index in [1.807, 2.05) is 36.4 Å². The number of imide groups is 1. The number of nitrogens with zero attached hydrogens (tertiary/aromatic N) is 2. The van der Waals surface area contributed by atoms with E-state index in [1.54, 1.807) is 35.2 Å². The van der Waals surface area contributed by atoms with Crippen molar-refractivity contribution in [2.75, 3.05) is 24.7 Å². The van der Waals surface area contributed by atoms with E-state index in [0.29, 0.717) is 11.4 Å². The molecule has 0 fully saturated rings. The molecule has 5 rings (SSSR count). The van der Waals surface area contributed by atoms with Gasteiger partial charge in [-0.15, -0.1) is 0 Å². The second kappa shape index (κ2) is 8.82. The molecule has 8 heteroatoms. The van der Waals surface area contributed by atoms with Gasteiger partial charge < -0.3 is 9.47 Å². The number of fused-ring (bicyclic) bond motifs is 2. The molecule has 2 heterocycles. The van der Waals surface area contributed by atoms with Crippen molar-refractivity contribution in [1.29, 1.82) is 0 Å². The first-order chi connectivity index (χ1) is 16.5. The standard InChI is InChI=1S/C26H20N2O6/c29-23(16-34-24(30)14-27-25(31)18-10-4-5-11-19(18)26(27)32)28-20-12-6-7-13-22(20)33-15-21(28)17-8-2-1-3-9-17/h1-13,21H,14-16H2. The maximum absolute atomic E-state index is 13.2. The Morgan fingerprint density at radius 3 is 2.18 bits per heavy atom. The lowest BCUT2D eigenvalue weighted by atomic mass is 10.0. The van der Waals surface area contributed by atoms with Crippen molar-refractivity contribution in [2.24, 2.45) is 0 Å². The maximum Gasteiger partial charge on any atom is 0.326 e. The lowest BCUT2D eigenvalue weighted by Crippen LogP contribution is -2.43. The van der Waals surface area contributed by atoms with E-state index in [9.17, 15) is 19.2 Å². The van der Waals surface area contributed by atoms with Crippen molar-refractivity contribution < 1.29 is 28.7 Å². The van der Waals surface area contributed by atoms with Crippen LogP contribution in [0.1, 0.15) is 32.3 Å². The van der Waals surface area contributed by atoms with Gasteiger partial charge in [0.1, 0.15) is 18.9 Å². The fourth-order valence-electron chi connectivity index (χ4n) is 4.19. The number of hydrogen-bond acceptors (Lipinski definition) is 6. The van der Waals surface area contributed by atoms with E-state index in [1.165, 1.54) is 12.1 Å². The lowest BCUT2D eigenvalue weighted by molar-refractivity contribution is -0.148. The molecule has 0 bridgehead atoms. The predicted molar refractivity (Wildman–Crippen MR) is 121 cm³/mol. The molecule has 2 aliphatic heterocycles. The molecule has 34 heavy (non-hydrogen) atoms. The lowest BCUT2D eigenvalue weighted by Gasteiger charge is -2.37. The molecular weight excluding hydrogens is 436 g/mol. The topological polar surface area (TPSA) is 93.2 Å². The molecule has 0 radical (unpaired) electrons. The molecule has 0 saturated heterocycles. The van der Waals surface area contributed by atoms with Gasteiger partial charge in [-0.1, -0.05) is 54.6 Å². The van der Waals surface area contributed by atoms with Crippen molar-refractivity contribution in [3.8, 4) is 5.75 Å². The van der Waals surface area contributed by atoms with Gasteiger partial charge in [0, 0.05) is 0 Å². The number of hydrogen-bond donors (Lipinski definition) is 0. The Labute approximate surface area is 195 Å². The summed E-state index contributed by atoms with van der Waals surface area (Å²) in [7, 11) is 0. The second-order valence-corrected chi connectivity index (χ2v) is 7.87. The van der Waals surface area contributed by atoms with E-state index in [2.05, 4.69) is 0 Å². The van der Waals surface area contributed by atoms with Gasteiger partial charge >= 0.3 is 5.97 Å². The quantitative estimate of drug-likeness (QED) is 0.433. The number of amides is 3. The summed E-state index contributed by atoms with van der Waals surface area (Å²) in [5.41, 5.74) is 1.94. The Bertz CT molecular complexity index is 1250. The number of carbonyl (C=O) groups is 4. The van der Waals surface area contributed by atoms with Gasteiger partial charge in [-0.3, -0.25) is 29.0 Å². The molecule has 2 aliphatic rings. The highest BCUT2D eigenvalue weighted by molar-refractivity contribution is 6.22. The van der Waals surface area contributed by atoms with Crippen molar-refractivity contribution in [3.63, 3.8) is 0 Å². The Balaban J connectivity index is 1.30. The molecule has 1 unspecified atom stereocenters. The van der Waals surface area contributed by atoms with Crippen LogP contribution < -0.4 is 9.64 Å². The zero-order valence-electron chi connectivity index (χ0n) is 18.0. The van der Waals surface area contributed by atoms with Gasteiger partial charge in [-0.2, -0.15) is 0 Å². The monoisotopic (exact) mass is 456 g/mol. The van der Waals surface area contributed by atoms with E-state index in [0.717, 1.165) is 10.5 Å². The zero-order chi connectivity index (χ0) is 23.7. The number of benzene rings is 3. The van der Waals surface area contributed by atoms with E-state index < -0.39 is 42.9 Å². The second-order valence-electron chi connectivity index (χ2n) is 7.87. The van der Waals surface area contributed by atoms with Crippen LogP contribution in [0.4, 0.5) is 5.69 Å². The number of carbonyl (C=O) groups excluding carboxylic acids is 4. The number of ether oxygens (including phenoxy) is 2. The first-order valence-electron chi connectivity index (χ1n) is 10.7. The first kappa shape index (κ1) is 21.4. The highest BCUT2D eigenvalue weighted by Crippen LogP contribution is 2.39. The van der Waals surface area contributed by atoms with Crippen LogP contribution in [0.25, 0.3) is 0 Å². The molecule has 3 aromatic rings. The summed E-state index contributed by atoms with van der Waals surface area (Å²) >= 11 is 0. The molecular formula is C26H20N2O6. The summed E-state index contributed by atoms with van der Waals surface area (Å²) in [6, 6.07) is 22.5. The normalized spacial score (nSPS) is 16.5. The zero-order valence-corrected chi connectivity index (χ0v) is 18.0. The number of anilines is 1. The molecule has 1 atom stereocenters. The molecule has 0 aliphatic carbocycles. The fraction of sp³-hybridized carbons (Fsp3) is 0.154. The van der Waals surface area contributed by atoms with Gasteiger partial charge in [0.05, 0.1) is 22.9 Å². The Morgan fingerprint density at radius 2 is 1.47 bits per heavy atom. The summed E-state index contributed by atoms with van der Waals surface area (Å²) < 4.78 is 11.1. The van der Waals surface area contributed by atoms with Crippen LogP contribution in [0.2, 0.25) is 0 Å². The van der Waals surface area contributed by atoms with Crippen LogP contribution in [0.15, 0.2) is 78.9 Å². The van der Waals surface area contributed by atoms with Gasteiger partial charge in [0.25, 0.3) is 17.7 Å². The number of esters is 1. The number of rotatable bonds is 5. The molecule has 3 amide bonds. The average Bonchev–Trinajstić information content (AvgIpc) is 3.12. The van der Waals surface area contributed by atoms with Gasteiger partial charge in [-0.25, -0.2) is 0 Å². The van der Waals surface area contributed by atoms with E-state index in [4.69, 9.17) is 9.47 Å². The summed E-state index contributed by atoms with van der Waals surface area (Å²) in [6.07, 6.45) is 0. The SMILES string of the molecule is O=C(CN1C(=O)c2ccccc2C1=O)OCC(=O)N1c2ccccc2OCC1c1ccccc1. The van der Waals surface area contributed by atoms with Crippen molar-refractivity contribution in [1.82, 2.24) is 4.90 Å². The molecule has 0 spiro atoms.